The van der Waals surface area contributed by atoms with Crippen molar-refractivity contribution in [3.63, 3.8) is 0 Å². The molecule has 0 saturated heterocycles. The third-order valence-electron chi connectivity index (χ3n) is 2.15. The molecule has 0 bridgehead atoms. The third kappa shape index (κ3) is 1.19. The Labute approximate surface area is 80.4 Å². The Bertz CT molecular complexity index is 549. The van der Waals surface area contributed by atoms with E-state index in [1.165, 1.54) is 6.07 Å². The number of nitrogen functional groups attached to an aromatic ring is 1. The molecule has 0 aliphatic rings. The number of hydrogen-bond donors (Lipinski definition) is 2. The molecule has 0 heterocycles. The van der Waals surface area contributed by atoms with Crippen LogP contribution in [0.2, 0.25) is 0 Å². The molecule has 0 radical (unpaired) electrons. The van der Waals surface area contributed by atoms with Crippen LogP contribution in [-0.4, -0.2) is 5.11 Å². The van der Waals surface area contributed by atoms with E-state index in [0.717, 1.165) is 5.39 Å². The van der Waals surface area contributed by atoms with E-state index in [4.69, 9.17) is 5.73 Å². The van der Waals surface area contributed by atoms with Crippen LogP contribution in [0.25, 0.3) is 10.8 Å². The van der Waals surface area contributed by atoms with E-state index in [9.17, 15) is 9.90 Å². The second-order valence-corrected chi connectivity index (χ2v) is 3.05. The monoisotopic (exact) mass is 187 g/mol. The van der Waals surface area contributed by atoms with Gasteiger partial charge in [0, 0.05) is 5.39 Å². The maximum Gasteiger partial charge on any atom is 0.222 e. The van der Waals surface area contributed by atoms with Gasteiger partial charge in [-0.25, -0.2) is 0 Å². The minimum Gasteiger partial charge on any atom is -0.503 e. The normalized spacial score (nSPS) is 10.3. The van der Waals surface area contributed by atoms with Gasteiger partial charge in [0.2, 0.25) is 5.43 Å². The predicted octanol–water partition coefficient (Wildman–Crippen LogP) is 1.49. The van der Waals surface area contributed by atoms with Crippen LogP contribution in [0, 0.1) is 0 Å². The molecule has 0 spiro atoms. The third-order valence-corrected chi connectivity index (χ3v) is 2.15. The Morgan fingerprint density at radius 3 is 2.57 bits per heavy atom. The van der Waals surface area contributed by atoms with E-state index >= 15 is 0 Å². The molecule has 0 aliphatic carbocycles. The topological polar surface area (TPSA) is 63.3 Å². The Balaban J connectivity index is 3.07. The van der Waals surface area contributed by atoms with Crippen LogP contribution in [0.3, 0.4) is 0 Å². The Morgan fingerprint density at radius 2 is 1.79 bits per heavy atom. The first-order chi connectivity index (χ1) is 6.70. The molecule has 0 atom stereocenters. The molecule has 2 aromatic carbocycles. The van der Waals surface area contributed by atoms with E-state index in [1.54, 1.807) is 12.1 Å². The van der Waals surface area contributed by atoms with Gasteiger partial charge < -0.3 is 10.8 Å². The number of aromatic hydroxyl groups is 1. The second-order valence-electron chi connectivity index (χ2n) is 3.05. The van der Waals surface area contributed by atoms with Gasteiger partial charge in [-0.05, 0) is 11.5 Å². The summed E-state index contributed by atoms with van der Waals surface area (Å²) in [5.74, 6) is -0.383. The lowest BCUT2D eigenvalue weighted by Gasteiger charge is -1.96. The maximum absolute atomic E-state index is 11.2. The zero-order valence-electron chi connectivity index (χ0n) is 7.40. The molecule has 0 aromatic heterocycles. The van der Waals surface area contributed by atoms with Crippen LogP contribution in [0.15, 0.2) is 41.2 Å². The molecule has 0 unspecified atom stereocenters. The van der Waals surface area contributed by atoms with Crippen molar-refractivity contribution >= 4 is 16.5 Å². The van der Waals surface area contributed by atoms with Crippen molar-refractivity contribution in [3.05, 3.63) is 46.6 Å². The Morgan fingerprint density at radius 1 is 1.07 bits per heavy atom. The molecule has 0 fully saturated rings. The van der Waals surface area contributed by atoms with E-state index in [2.05, 4.69) is 0 Å². The molecule has 0 amide bonds. The van der Waals surface area contributed by atoms with Gasteiger partial charge in [0.1, 0.15) is 0 Å². The SMILES string of the molecule is Nc1c(O)c(=O)ccc2ccccc12. The number of anilines is 1. The van der Waals surface area contributed by atoms with Crippen LogP contribution in [0.5, 0.6) is 5.75 Å². The van der Waals surface area contributed by atoms with Crippen LogP contribution < -0.4 is 11.2 Å². The van der Waals surface area contributed by atoms with Gasteiger partial charge in [-0.3, -0.25) is 4.79 Å². The highest BCUT2D eigenvalue weighted by molar-refractivity contribution is 5.94. The Kier molecular flexibility index (Phi) is 1.85. The van der Waals surface area contributed by atoms with Crippen molar-refractivity contribution in [1.29, 1.82) is 0 Å². The minimum absolute atomic E-state index is 0.135. The summed E-state index contributed by atoms with van der Waals surface area (Å²) >= 11 is 0. The van der Waals surface area contributed by atoms with Crippen molar-refractivity contribution < 1.29 is 5.11 Å². The molecule has 14 heavy (non-hydrogen) atoms. The molecule has 3 N–H and O–H groups in total. The summed E-state index contributed by atoms with van der Waals surface area (Å²) in [5, 5.41) is 10.9. The summed E-state index contributed by atoms with van der Waals surface area (Å²) in [6.07, 6.45) is 0. The molecule has 3 heteroatoms. The molecule has 70 valence electrons. The van der Waals surface area contributed by atoms with Crippen LogP contribution in [0.1, 0.15) is 0 Å². The second kappa shape index (κ2) is 3.03. The number of rotatable bonds is 0. The minimum atomic E-state index is -0.460. The van der Waals surface area contributed by atoms with Crippen molar-refractivity contribution in [3.8, 4) is 5.75 Å². The lowest BCUT2D eigenvalue weighted by molar-refractivity contribution is 0.474. The molecule has 2 aromatic rings. The summed E-state index contributed by atoms with van der Waals surface area (Å²) in [6, 6.07) is 10.2. The van der Waals surface area contributed by atoms with Crippen LogP contribution in [-0.2, 0) is 0 Å². The fraction of sp³-hybridized carbons (Fsp3) is 0. The smallest absolute Gasteiger partial charge is 0.222 e. The molecule has 2 rings (SSSR count). The van der Waals surface area contributed by atoms with Crippen LogP contribution >= 0.6 is 0 Å². The lowest BCUT2D eigenvalue weighted by Crippen LogP contribution is -1.96. The number of hydrogen-bond acceptors (Lipinski definition) is 3. The molecular formula is C11H9NO2. The zero-order chi connectivity index (χ0) is 10.1. The molecule has 0 saturated carbocycles. The summed E-state index contributed by atoms with van der Waals surface area (Å²) in [6.45, 7) is 0. The first-order valence-corrected chi connectivity index (χ1v) is 4.20. The molecule has 3 nitrogen and oxygen atoms in total. The first kappa shape index (κ1) is 8.56. The van der Waals surface area contributed by atoms with E-state index in [-0.39, 0.29) is 11.4 Å². The van der Waals surface area contributed by atoms with E-state index in [0.29, 0.717) is 5.39 Å². The largest absolute Gasteiger partial charge is 0.503 e. The average molecular weight is 187 g/mol. The predicted molar refractivity (Wildman–Crippen MR) is 56.3 cm³/mol. The quantitative estimate of drug-likeness (QED) is 0.656. The molecular weight excluding hydrogens is 178 g/mol. The van der Waals surface area contributed by atoms with Crippen LogP contribution in [0.4, 0.5) is 5.69 Å². The standard InChI is InChI=1S/C11H9NO2/c12-10-8-4-2-1-3-7(8)5-6-9(13)11(10)14/h1-6H,(H3,12,13,14). The number of fused-ring (bicyclic) bond motifs is 1. The highest BCUT2D eigenvalue weighted by Gasteiger charge is 2.03. The molecule has 0 aliphatic heterocycles. The van der Waals surface area contributed by atoms with Gasteiger partial charge in [-0.2, -0.15) is 0 Å². The summed E-state index contributed by atoms with van der Waals surface area (Å²) in [7, 11) is 0. The number of benzene rings is 1. The van der Waals surface area contributed by atoms with Crippen molar-refractivity contribution in [2.45, 2.75) is 0 Å². The fourth-order valence-electron chi connectivity index (χ4n) is 1.39. The van der Waals surface area contributed by atoms with Crippen molar-refractivity contribution in [2.24, 2.45) is 0 Å². The van der Waals surface area contributed by atoms with Gasteiger partial charge in [-0.1, -0.05) is 30.3 Å². The zero-order valence-corrected chi connectivity index (χ0v) is 7.40. The summed E-state index contributed by atoms with van der Waals surface area (Å²) in [5.41, 5.74) is 5.32. The van der Waals surface area contributed by atoms with Gasteiger partial charge in [0.05, 0.1) is 5.69 Å². The highest BCUT2D eigenvalue weighted by atomic mass is 16.3. The highest BCUT2D eigenvalue weighted by Crippen LogP contribution is 2.24. The van der Waals surface area contributed by atoms with Gasteiger partial charge in [-0.15, -0.1) is 0 Å². The summed E-state index contributed by atoms with van der Waals surface area (Å²) in [4.78, 5) is 11.2. The van der Waals surface area contributed by atoms with Crippen molar-refractivity contribution in [2.75, 3.05) is 5.73 Å². The van der Waals surface area contributed by atoms with Crippen molar-refractivity contribution in [1.82, 2.24) is 0 Å². The van der Waals surface area contributed by atoms with E-state index < -0.39 is 5.43 Å². The summed E-state index contributed by atoms with van der Waals surface area (Å²) < 4.78 is 0. The first-order valence-electron chi connectivity index (χ1n) is 4.20. The lowest BCUT2D eigenvalue weighted by atomic mass is 10.1. The number of nitrogens with two attached hydrogens (primary N) is 1. The van der Waals surface area contributed by atoms with Gasteiger partial charge >= 0.3 is 0 Å². The maximum atomic E-state index is 11.2. The Hall–Kier alpha value is -2.03. The van der Waals surface area contributed by atoms with Gasteiger partial charge in [0.15, 0.2) is 5.75 Å². The average Bonchev–Trinajstić information content (AvgIpc) is 2.32. The van der Waals surface area contributed by atoms with E-state index in [1.807, 2.05) is 18.2 Å². The van der Waals surface area contributed by atoms with Gasteiger partial charge in [0.25, 0.3) is 0 Å². The fourth-order valence-corrected chi connectivity index (χ4v) is 1.39.